The molecule has 1 aliphatic heterocycles. The van der Waals surface area contributed by atoms with Gasteiger partial charge < -0.3 is 14.5 Å². The first-order valence-electron chi connectivity index (χ1n) is 5.89. The number of nitrogens with zero attached hydrogens (tertiary/aromatic N) is 2. The van der Waals surface area contributed by atoms with Crippen LogP contribution < -0.4 is 5.32 Å². The largest absolute Gasteiger partial charge is 0.425 e. The number of nitrogens with one attached hydrogen (secondary N) is 1. The van der Waals surface area contributed by atoms with Gasteiger partial charge in [-0.2, -0.15) is 0 Å². The maximum absolute atomic E-state index is 5.65. The number of hydrogen-bond acceptors (Lipinski definition) is 5. The Morgan fingerprint density at radius 2 is 2.31 bits per heavy atom. The van der Waals surface area contributed by atoms with Gasteiger partial charge in [0.25, 0.3) is 0 Å². The van der Waals surface area contributed by atoms with Crippen LogP contribution in [0.3, 0.4) is 0 Å². The van der Waals surface area contributed by atoms with Crippen LogP contribution in [0.15, 0.2) is 4.42 Å². The first-order chi connectivity index (χ1) is 7.81. The van der Waals surface area contributed by atoms with Gasteiger partial charge in [-0.15, -0.1) is 10.2 Å². The lowest BCUT2D eigenvalue weighted by molar-refractivity contribution is 0.114. The van der Waals surface area contributed by atoms with Gasteiger partial charge >= 0.3 is 0 Å². The van der Waals surface area contributed by atoms with E-state index in [1.807, 2.05) is 7.05 Å². The van der Waals surface area contributed by atoms with Crippen LogP contribution in [0.25, 0.3) is 0 Å². The lowest BCUT2D eigenvalue weighted by Crippen LogP contribution is -2.09. The fraction of sp³-hybridized carbons (Fsp3) is 0.818. The number of hydrogen-bond donors (Lipinski definition) is 1. The van der Waals surface area contributed by atoms with Crippen molar-refractivity contribution < 1.29 is 9.15 Å². The maximum Gasteiger partial charge on any atom is 0.222 e. The summed E-state index contributed by atoms with van der Waals surface area (Å²) in [6.07, 6.45) is 3.05. The summed E-state index contributed by atoms with van der Waals surface area (Å²) in [7, 11) is 1.94. The molecule has 2 heterocycles. The van der Waals surface area contributed by atoms with Crippen LogP contribution in [0.1, 0.15) is 37.5 Å². The van der Waals surface area contributed by atoms with Crippen LogP contribution in [-0.2, 0) is 11.2 Å². The fourth-order valence-corrected chi connectivity index (χ4v) is 1.99. The third-order valence-corrected chi connectivity index (χ3v) is 2.99. The molecule has 1 aromatic rings. The molecule has 1 N–H and O–H groups in total. The molecule has 5 heteroatoms. The first kappa shape index (κ1) is 11.5. The molecule has 1 aliphatic rings. The van der Waals surface area contributed by atoms with Crippen LogP contribution in [0, 0.1) is 0 Å². The number of aromatic nitrogens is 2. The molecule has 2 unspecified atom stereocenters. The molecule has 0 spiro atoms. The predicted octanol–water partition coefficient (Wildman–Crippen LogP) is 1.11. The van der Waals surface area contributed by atoms with Crippen molar-refractivity contribution in [3.05, 3.63) is 11.8 Å². The summed E-state index contributed by atoms with van der Waals surface area (Å²) < 4.78 is 11.1. The van der Waals surface area contributed by atoms with Crippen LogP contribution in [0.5, 0.6) is 0 Å². The van der Waals surface area contributed by atoms with Crippen molar-refractivity contribution in [3.8, 4) is 0 Å². The lowest BCUT2D eigenvalue weighted by atomic mass is 10.0. The van der Waals surface area contributed by atoms with Gasteiger partial charge in [0.1, 0.15) is 0 Å². The van der Waals surface area contributed by atoms with Crippen molar-refractivity contribution in [3.63, 3.8) is 0 Å². The lowest BCUT2D eigenvalue weighted by Gasteiger charge is -2.08. The molecule has 2 atom stereocenters. The molecule has 0 amide bonds. The maximum atomic E-state index is 5.65. The van der Waals surface area contributed by atoms with Gasteiger partial charge in [0.2, 0.25) is 11.8 Å². The molecule has 0 aromatic carbocycles. The zero-order valence-electron chi connectivity index (χ0n) is 9.90. The highest BCUT2D eigenvalue weighted by atomic mass is 16.5. The van der Waals surface area contributed by atoms with Gasteiger partial charge in [0.05, 0.1) is 12.0 Å². The average molecular weight is 225 g/mol. The van der Waals surface area contributed by atoms with Gasteiger partial charge in [-0.3, -0.25) is 0 Å². The van der Waals surface area contributed by atoms with Gasteiger partial charge in [0.15, 0.2) is 0 Å². The minimum Gasteiger partial charge on any atom is -0.425 e. The van der Waals surface area contributed by atoms with E-state index in [1.54, 1.807) is 0 Å². The molecule has 2 rings (SSSR count). The van der Waals surface area contributed by atoms with E-state index in [2.05, 4.69) is 22.4 Å². The van der Waals surface area contributed by atoms with E-state index in [4.69, 9.17) is 9.15 Å². The van der Waals surface area contributed by atoms with E-state index in [1.165, 1.54) is 0 Å². The highest BCUT2D eigenvalue weighted by molar-refractivity contribution is 4.97. The third-order valence-electron chi connectivity index (χ3n) is 2.99. The third kappa shape index (κ3) is 2.59. The van der Waals surface area contributed by atoms with E-state index in [-0.39, 0.29) is 12.0 Å². The van der Waals surface area contributed by atoms with Crippen LogP contribution in [0.2, 0.25) is 0 Å². The second-order valence-corrected chi connectivity index (χ2v) is 4.21. The molecular formula is C11H19N3O2. The van der Waals surface area contributed by atoms with Gasteiger partial charge in [-0.25, -0.2) is 0 Å². The number of rotatable bonds is 5. The first-order valence-corrected chi connectivity index (χ1v) is 5.89. The summed E-state index contributed by atoms with van der Waals surface area (Å²) in [5.41, 5.74) is 0. The van der Waals surface area contributed by atoms with Gasteiger partial charge in [-0.1, -0.05) is 0 Å². The second kappa shape index (κ2) is 5.41. The zero-order valence-corrected chi connectivity index (χ0v) is 9.90. The molecule has 0 aliphatic carbocycles. The Bertz CT molecular complexity index is 327. The van der Waals surface area contributed by atoms with Crippen LogP contribution >= 0.6 is 0 Å². The fourth-order valence-electron chi connectivity index (χ4n) is 1.99. The Morgan fingerprint density at radius 1 is 1.44 bits per heavy atom. The summed E-state index contributed by atoms with van der Waals surface area (Å²) in [6, 6.07) is 0. The normalized spacial score (nSPS) is 25.1. The van der Waals surface area contributed by atoms with Gasteiger partial charge in [-0.05, 0) is 33.4 Å². The molecule has 0 radical (unpaired) electrons. The monoisotopic (exact) mass is 225 g/mol. The number of ether oxygens (including phenoxy) is 1. The smallest absolute Gasteiger partial charge is 0.222 e. The summed E-state index contributed by atoms with van der Waals surface area (Å²) >= 11 is 0. The minimum atomic E-state index is 0.200. The molecule has 1 fully saturated rings. The van der Waals surface area contributed by atoms with Gasteiger partial charge in [0, 0.05) is 13.0 Å². The molecule has 90 valence electrons. The predicted molar refractivity (Wildman–Crippen MR) is 59.3 cm³/mol. The van der Waals surface area contributed by atoms with Crippen molar-refractivity contribution >= 4 is 0 Å². The zero-order chi connectivity index (χ0) is 11.4. The molecule has 5 nitrogen and oxygen atoms in total. The van der Waals surface area contributed by atoms with Crippen LogP contribution in [0.4, 0.5) is 0 Å². The molecule has 16 heavy (non-hydrogen) atoms. The second-order valence-electron chi connectivity index (χ2n) is 4.21. The van der Waals surface area contributed by atoms with Crippen molar-refractivity contribution in [2.75, 3.05) is 20.2 Å². The van der Waals surface area contributed by atoms with E-state index in [0.29, 0.717) is 0 Å². The average Bonchev–Trinajstić information content (AvgIpc) is 2.87. The van der Waals surface area contributed by atoms with Crippen LogP contribution in [-0.4, -0.2) is 36.5 Å². The van der Waals surface area contributed by atoms with Crippen molar-refractivity contribution in [2.24, 2.45) is 0 Å². The standard InChI is InChI=1S/C11H19N3O2/c1-8-9(5-7-15-8)11-14-13-10(16-11)4-3-6-12-2/h8-9,12H,3-7H2,1-2H3. The molecule has 0 bridgehead atoms. The summed E-state index contributed by atoms with van der Waals surface area (Å²) in [4.78, 5) is 0. The van der Waals surface area contributed by atoms with Crippen molar-refractivity contribution in [1.82, 2.24) is 15.5 Å². The molecule has 1 saturated heterocycles. The van der Waals surface area contributed by atoms with E-state index in [9.17, 15) is 0 Å². The van der Waals surface area contributed by atoms with E-state index in [0.717, 1.165) is 44.2 Å². The minimum absolute atomic E-state index is 0.200. The number of aryl methyl sites for hydroxylation is 1. The SMILES string of the molecule is CNCCCc1nnc(C2CCOC2C)o1. The summed E-state index contributed by atoms with van der Waals surface area (Å²) in [5.74, 6) is 1.76. The Labute approximate surface area is 95.6 Å². The van der Waals surface area contributed by atoms with Crippen molar-refractivity contribution in [2.45, 2.75) is 38.2 Å². The Kier molecular flexibility index (Phi) is 3.90. The Hall–Kier alpha value is -0.940. The van der Waals surface area contributed by atoms with E-state index < -0.39 is 0 Å². The Balaban J connectivity index is 1.91. The molecule has 0 saturated carbocycles. The summed E-state index contributed by atoms with van der Waals surface area (Å²) in [5, 5.41) is 11.3. The van der Waals surface area contributed by atoms with E-state index >= 15 is 0 Å². The molecule has 1 aromatic heterocycles. The summed E-state index contributed by atoms with van der Waals surface area (Å²) in [6.45, 7) is 3.83. The molecular weight excluding hydrogens is 206 g/mol. The Morgan fingerprint density at radius 3 is 3.00 bits per heavy atom. The van der Waals surface area contributed by atoms with Crippen molar-refractivity contribution in [1.29, 1.82) is 0 Å². The highest BCUT2D eigenvalue weighted by Gasteiger charge is 2.30. The highest BCUT2D eigenvalue weighted by Crippen LogP contribution is 2.29. The quantitative estimate of drug-likeness (QED) is 0.761. The topological polar surface area (TPSA) is 60.2 Å².